The van der Waals surface area contributed by atoms with E-state index in [0.717, 1.165) is 16.8 Å². The molecule has 1 saturated carbocycles. The van der Waals surface area contributed by atoms with Crippen molar-refractivity contribution in [2.75, 3.05) is 0 Å². The minimum absolute atomic E-state index is 0.126. The minimum atomic E-state index is -6.13. The van der Waals surface area contributed by atoms with Crippen molar-refractivity contribution in [1.29, 1.82) is 0 Å². The van der Waals surface area contributed by atoms with Crippen molar-refractivity contribution >= 4 is 44.6 Å². The van der Waals surface area contributed by atoms with Gasteiger partial charge in [0.15, 0.2) is 6.20 Å². The molecule has 0 atom stereocenters. The van der Waals surface area contributed by atoms with Crippen molar-refractivity contribution in [2.45, 2.75) is 94.0 Å². The van der Waals surface area contributed by atoms with E-state index >= 15 is 0 Å². The second kappa shape index (κ2) is 23.8. The maximum absolute atomic E-state index is 14.2. The number of ketones is 1. The van der Waals surface area contributed by atoms with E-state index < -0.39 is 195 Å². The number of hydrogen-bond donors (Lipinski definition) is 0. The number of fused-ring (bicyclic) bond motifs is 1. The molecule has 0 unspecified atom stereocenters. The molecule has 8 aromatic rings. The SMILES string of the molecule is FC(F)(F)c1cc([B-](c2cc(C(F)(F)F)cc(C(F)(F)F)c2)(c2cc(C(F)(F)F)cc(C(F)(F)F)c2)c2cc(C(F)(F)F)cc(C(F)(F)F)c2)cc(C(F)(F)F)c1.O=C(C[n+]1ccc2ccccc2c1-c1ccc(C2CCCCC2)cc1)c1ccccc1. The van der Waals surface area contributed by atoms with Crippen molar-refractivity contribution in [3.8, 4) is 11.3 Å². The van der Waals surface area contributed by atoms with Gasteiger partial charge in [0.2, 0.25) is 18.0 Å². The number of pyridine rings is 1. The lowest BCUT2D eigenvalue weighted by Gasteiger charge is -2.46. The predicted molar refractivity (Wildman–Crippen MR) is 276 cm³/mol. The molecule has 0 radical (unpaired) electrons. The fourth-order valence-corrected chi connectivity index (χ4v) is 11.0. The van der Waals surface area contributed by atoms with Crippen LogP contribution in [0.1, 0.15) is 98.5 Å². The van der Waals surface area contributed by atoms with E-state index in [1.165, 1.54) is 48.4 Å². The molecule has 7 aromatic carbocycles. The van der Waals surface area contributed by atoms with E-state index in [1.807, 2.05) is 36.5 Å². The molecule has 1 heterocycles. The second-order valence-electron chi connectivity index (χ2n) is 20.8. The van der Waals surface area contributed by atoms with Gasteiger partial charge in [0.25, 0.3) is 0 Å². The van der Waals surface area contributed by atoms with Gasteiger partial charge in [-0.05, 0) is 72.2 Å². The Kier molecular flexibility index (Phi) is 17.9. The zero-order valence-electron chi connectivity index (χ0n) is 44.4. The van der Waals surface area contributed by atoms with E-state index in [2.05, 4.69) is 59.2 Å². The third-order valence-electron chi connectivity index (χ3n) is 15.0. The van der Waals surface area contributed by atoms with Crippen LogP contribution in [0.2, 0.25) is 0 Å². The molecule has 0 saturated heterocycles. The molecule has 0 bridgehead atoms. The van der Waals surface area contributed by atoms with E-state index in [0.29, 0.717) is 12.5 Å². The van der Waals surface area contributed by atoms with E-state index in [4.69, 9.17) is 0 Å². The van der Waals surface area contributed by atoms with Gasteiger partial charge >= 0.3 is 49.4 Å². The number of nitrogens with zero attached hydrogens (tertiary/aromatic N) is 1. The molecule has 1 aliphatic carbocycles. The molecular formula is C61H40BF24NO. The number of hydrogen-bond acceptors (Lipinski definition) is 1. The maximum Gasteiger partial charge on any atom is 0.416 e. The van der Waals surface area contributed by atoms with Crippen LogP contribution in [0.3, 0.4) is 0 Å². The van der Waals surface area contributed by atoms with Crippen molar-refractivity contribution in [2.24, 2.45) is 0 Å². The Hall–Kier alpha value is -8.00. The molecule has 0 N–H and O–H groups in total. The molecule has 1 aromatic heterocycles. The quantitative estimate of drug-likeness (QED) is 0.0611. The summed E-state index contributed by atoms with van der Waals surface area (Å²) in [5, 5.41) is 2.37. The molecular weight excluding hydrogens is 1230 g/mol. The van der Waals surface area contributed by atoms with Gasteiger partial charge in [0.1, 0.15) is 6.15 Å². The smallest absolute Gasteiger partial charge is 0.287 e. The lowest BCUT2D eigenvalue weighted by Crippen LogP contribution is -2.75. The highest BCUT2D eigenvalue weighted by atomic mass is 19.4. The Morgan fingerprint density at radius 3 is 1.02 bits per heavy atom. The van der Waals surface area contributed by atoms with Crippen LogP contribution in [0, 0.1) is 0 Å². The highest BCUT2D eigenvalue weighted by Gasteiger charge is 2.47. The molecule has 1 aliphatic rings. The summed E-state index contributed by atoms with van der Waals surface area (Å²) in [4.78, 5) is 13.0. The monoisotopic (exact) mass is 1270 g/mol. The van der Waals surface area contributed by atoms with Gasteiger partial charge < -0.3 is 0 Å². The average molecular weight is 1270 g/mol. The van der Waals surface area contributed by atoms with Gasteiger partial charge in [-0.15, -0.1) is 0 Å². The molecule has 0 amide bonds. The average Bonchev–Trinajstić information content (AvgIpc) is 0.755. The maximum atomic E-state index is 14.2. The van der Waals surface area contributed by atoms with Gasteiger partial charge in [-0.1, -0.05) is 128 Å². The first-order valence-electron chi connectivity index (χ1n) is 26.0. The number of carbonyl (C=O) groups excluding carboxylic acids is 1. The Morgan fingerprint density at radius 1 is 0.375 bits per heavy atom. The lowest BCUT2D eigenvalue weighted by molar-refractivity contribution is -0.671. The molecule has 0 spiro atoms. The standard InChI is InChI=1S/C32H12BF24.C29H28NO/c34-25(35,36)13-1-14(26(37,38)39)6-21(5-13)33(22-7-15(27(40,41)42)2-16(8-22)28(43,44)45,23-9-17(29(46,47)48)3-18(10-23)30(49,50)51)24-11-19(31(52,53)54)4-20(12-24)32(55,56)57;31-28(25-12-5-2-6-13-25)21-30-20-19-24-11-7-8-14-27(24)29(30)26-17-15-23(16-18-26)22-9-3-1-4-10-22/h1-12H;2,5-8,11-20,22H,1,3-4,9-10,21H2/q-1;+1. The fourth-order valence-electron chi connectivity index (χ4n) is 11.0. The van der Waals surface area contributed by atoms with Gasteiger partial charge in [-0.2, -0.15) is 132 Å². The fraction of sp³-hybridized carbons (Fsp3) is 0.246. The van der Waals surface area contributed by atoms with Crippen molar-refractivity contribution < 1.29 is 115 Å². The van der Waals surface area contributed by atoms with Crippen molar-refractivity contribution in [3.63, 3.8) is 0 Å². The molecule has 88 heavy (non-hydrogen) atoms. The van der Waals surface area contributed by atoms with E-state index in [9.17, 15) is 110 Å². The van der Waals surface area contributed by atoms with Gasteiger partial charge in [0, 0.05) is 17.2 Å². The first-order valence-corrected chi connectivity index (χ1v) is 26.0. The van der Waals surface area contributed by atoms with Crippen LogP contribution in [0.25, 0.3) is 22.0 Å². The van der Waals surface area contributed by atoms with Crippen molar-refractivity contribution in [1.82, 2.24) is 0 Å². The minimum Gasteiger partial charge on any atom is -0.287 e. The number of carbonyl (C=O) groups is 1. The summed E-state index contributed by atoms with van der Waals surface area (Å²) in [5.41, 5.74) is -25.7. The van der Waals surface area contributed by atoms with Crippen LogP contribution in [-0.4, -0.2) is 11.9 Å². The van der Waals surface area contributed by atoms with E-state index in [-0.39, 0.29) is 5.78 Å². The van der Waals surface area contributed by atoms with Crippen LogP contribution in [0.5, 0.6) is 0 Å². The van der Waals surface area contributed by atoms with Crippen LogP contribution in [0.15, 0.2) is 164 Å². The Bertz CT molecular complexity index is 3390. The summed E-state index contributed by atoms with van der Waals surface area (Å²) >= 11 is 0. The normalized spacial score (nSPS) is 14.4. The number of Topliss-reactive ketones (excluding diaryl/α,β-unsaturated/α-hetero) is 1. The zero-order chi connectivity index (χ0) is 65.0. The summed E-state index contributed by atoms with van der Waals surface area (Å²) in [7, 11) is 0. The van der Waals surface area contributed by atoms with Crippen molar-refractivity contribution in [3.05, 3.63) is 220 Å². The summed E-state index contributed by atoms with van der Waals surface area (Å²) in [6, 6.07) is 20.4. The third kappa shape index (κ3) is 14.6. The molecule has 466 valence electrons. The van der Waals surface area contributed by atoms with Crippen LogP contribution in [0.4, 0.5) is 105 Å². The van der Waals surface area contributed by atoms with Crippen LogP contribution in [-0.2, 0) is 56.0 Å². The first-order chi connectivity index (χ1) is 40.6. The Balaban J connectivity index is 0.000000269. The number of alkyl halides is 24. The molecule has 0 aliphatic heterocycles. The van der Waals surface area contributed by atoms with Crippen LogP contribution >= 0.6 is 0 Å². The number of halogens is 24. The van der Waals surface area contributed by atoms with Gasteiger partial charge in [0.05, 0.1) is 49.9 Å². The van der Waals surface area contributed by atoms with E-state index in [1.54, 1.807) is 0 Å². The number of benzene rings is 7. The van der Waals surface area contributed by atoms with Gasteiger partial charge in [-0.3, -0.25) is 4.79 Å². The largest absolute Gasteiger partial charge is 0.416 e. The van der Waals surface area contributed by atoms with Gasteiger partial charge in [-0.25, -0.2) is 0 Å². The zero-order valence-corrected chi connectivity index (χ0v) is 44.4. The summed E-state index contributed by atoms with van der Waals surface area (Å²) in [5.74, 6) is 0.822. The lowest BCUT2D eigenvalue weighted by atomic mass is 9.12. The number of aromatic nitrogens is 1. The topological polar surface area (TPSA) is 20.9 Å². The Labute approximate surface area is 483 Å². The molecule has 27 heteroatoms. The molecule has 1 fully saturated rings. The Morgan fingerprint density at radius 2 is 0.693 bits per heavy atom. The summed E-state index contributed by atoms with van der Waals surface area (Å²) < 4.78 is 343. The second-order valence-corrected chi connectivity index (χ2v) is 20.8. The van der Waals surface area contributed by atoms with Crippen LogP contribution < -0.4 is 26.4 Å². The number of rotatable bonds is 9. The molecule has 2 nitrogen and oxygen atoms in total. The summed E-state index contributed by atoms with van der Waals surface area (Å²) in [6.45, 7) is 0.328. The first kappa shape index (κ1) is 66.0. The third-order valence-corrected chi connectivity index (χ3v) is 15.0. The molecule has 9 rings (SSSR count). The summed E-state index contributed by atoms with van der Waals surface area (Å²) in [6.07, 6.45) is -46.1. The predicted octanol–water partition coefficient (Wildman–Crippen LogP) is 17.9. The highest BCUT2D eigenvalue weighted by Crippen LogP contribution is 2.42. The highest BCUT2D eigenvalue weighted by molar-refractivity contribution is 7.20.